The molecule has 0 bridgehead atoms. The van der Waals surface area contributed by atoms with Crippen molar-refractivity contribution in [2.45, 2.75) is 31.9 Å². The first-order valence-corrected chi connectivity index (χ1v) is 9.83. The van der Waals surface area contributed by atoms with E-state index in [0.29, 0.717) is 13.1 Å². The summed E-state index contributed by atoms with van der Waals surface area (Å²) in [5, 5.41) is 6.19. The number of carbonyl (C=O) groups is 2. The Balaban J connectivity index is 1.73. The molecule has 0 saturated carbocycles. The minimum absolute atomic E-state index is 0.0568. The molecular weight excluding hydrogens is 318 g/mol. The number of carbonyl (C=O) groups excluding carboxylic acids is 2. The number of piperidine rings is 1. The third-order valence-electron chi connectivity index (χ3n) is 3.79. The van der Waals surface area contributed by atoms with Gasteiger partial charge in [-0.3, -0.25) is 9.59 Å². The number of aromatic nitrogens is 1. The van der Waals surface area contributed by atoms with Gasteiger partial charge in [-0.05, 0) is 19.1 Å². The highest BCUT2D eigenvalue weighted by Gasteiger charge is 2.26. The van der Waals surface area contributed by atoms with Gasteiger partial charge in [0.1, 0.15) is 5.01 Å². The van der Waals surface area contributed by atoms with E-state index in [1.54, 1.807) is 34.9 Å². The number of thioether (sulfide) groups is 1. The molecule has 1 aliphatic rings. The summed E-state index contributed by atoms with van der Waals surface area (Å²) in [6.07, 6.45) is 4.60. The summed E-state index contributed by atoms with van der Waals surface area (Å²) < 4.78 is 0. The molecule has 0 aromatic carbocycles. The Hall–Kier alpha value is -1.08. The molecular formula is C15H23N3O2S2. The van der Waals surface area contributed by atoms with Crippen LogP contribution in [0.25, 0.3) is 0 Å². The standard InChI is InChI=1S/C15H23N3O2S2/c1-11(19)18-7-3-4-12(8-18)15(20)16-6-5-13-9-22-14(17-13)10-21-2/h9,12H,3-8,10H2,1-2H3,(H,16,20). The van der Waals surface area contributed by atoms with E-state index in [-0.39, 0.29) is 17.7 Å². The van der Waals surface area contributed by atoms with Crippen LogP contribution < -0.4 is 5.32 Å². The smallest absolute Gasteiger partial charge is 0.224 e. The second kappa shape index (κ2) is 8.53. The lowest BCUT2D eigenvalue weighted by Crippen LogP contribution is -2.45. The van der Waals surface area contributed by atoms with Crippen molar-refractivity contribution in [2.24, 2.45) is 5.92 Å². The first kappa shape index (κ1) is 17.3. The second-order valence-corrected chi connectivity index (χ2v) is 7.32. The fourth-order valence-corrected chi connectivity index (χ4v) is 4.14. The monoisotopic (exact) mass is 341 g/mol. The molecule has 122 valence electrons. The van der Waals surface area contributed by atoms with Gasteiger partial charge in [-0.1, -0.05) is 0 Å². The summed E-state index contributed by atoms with van der Waals surface area (Å²) in [5.74, 6) is 0.993. The zero-order chi connectivity index (χ0) is 15.9. The largest absolute Gasteiger partial charge is 0.355 e. The fraction of sp³-hybridized carbons (Fsp3) is 0.667. The van der Waals surface area contributed by atoms with Crippen LogP contribution in [-0.4, -0.2) is 47.6 Å². The SMILES string of the molecule is CSCc1nc(CCNC(=O)C2CCCN(C(C)=O)C2)cs1. The van der Waals surface area contributed by atoms with Gasteiger partial charge in [-0.2, -0.15) is 11.8 Å². The van der Waals surface area contributed by atoms with Gasteiger partial charge in [0, 0.05) is 44.1 Å². The lowest BCUT2D eigenvalue weighted by atomic mass is 9.97. The van der Waals surface area contributed by atoms with E-state index in [1.807, 2.05) is 0 Å². The van der Waals surface area contributed by atoms with E-state index in [4.69, 9.17) is 0 Å². The van der Waals surface area contributed by atoms with Crippen molar-refractivity contribution < 1.29 is 9.59 Å². The van der Waals surface area contributed by atoms with Crippen LogP contribution in [0.3, 0.4) is 0 Å². The van der Waals surface area contributed by atoms with E-state index >= 15 is 0 Å². The predicted octanol–water partition coefficient (Wildman–Crippen LogP) is 1.92. The molecule has 2 heterocycles. The molecule has 1 aromatic heterocycles. The van der Waals surface area contributed by atoms with E-state index in [2.05, 4.69) is 21.9 Å². The Bertz CT molecular complexity index is 519. The number of rotatable bonds is 6. The Morgan fingerprint density at radius 2 is 2.36 bits per heavy atom. The number of thiazole rings is 1. The van der Waals surface area contributed by atoms with Crippen LogP contribution >= 0.6 is 23.1 Å². The summed E-state index contributed by atoms with van der Waals surface area (Å²) in [6, 6.07) is 0. The molecule has 2 rings (SSSR count). The summed E-state index contributed by atoms with van der Waals surface area (Å²) in [7, 11) is 0. The zero-order valence-electron chi connectivity index (χ0n) is 13.1. The molecule has 0 aliphatic carbocycles. The van der Waals surface area contributed by atoms with Gasteiger partial charge < -0.3 is 10.2 Å². The molecule has 0 radical (unpaired) electrons. The normalized spacial score (nSPS) is 18.3. The number of amides is 2. The van der Waals surface area contributed by atoms with Crippen molar-refractivity contribution in [3.05, 3.63) is 16.1 Å². The molecule has 1 aromatic rings. The van der Waals surface area contributed by atoms with Crippen LogP contribution in [0.2, 0.25) is 0 Å². The lowest BCUT2D eigenvalue weighted by molar-refractivity contribution is -0.133. The maximum absolute atomic E-state index is 12.2. The first-order chi connectivity index (χ1) is 10.6. The van der Waals surface area contributed by atoms with Crippen molar-refractivity contribution >= 4 is 34.9 Å². The number of hydrogen-bond acceptors (Lipinski definition) is 5. The van der Waals surface area contributed by atoms with Crippen molar-refractivity contribution in [3.8, 4) is 0 Å². The average molecular weight is 342 g/mol. The van der Waals surface area contributed by atoms with Crippen LogP contribution in [0.1, 0.15) is 30.5 Å². The molecule has 1 unspecified atom stereocenters. The Labute approximate surface area is 139 Å². The van der Waals surface area contributed by atoms with Crippen LogP contribution in [0, 0.1) is 5.92 Å². The van der Waals surface area contributed by atoms with Crippen molar-refractivity contribution in [1.29, 1.82) is 0 Å². The van der Waals surface area contributed by atoms with E-state index in [1.165, 1.54) is 0 Å². The molecule has 22 heavy (non-hydrogen) atoms. The Morgan fingerprint density at radius 1 is 1.55 bits per heavy atom. The minimum Gasteiger partial charge on any atom is -0.355 e. The molecule has 1 N–H and O–H groups in total. The summed E-state index contributed by atoms with van der Waals surface area (Å²) in [5.41, 5.74) is 1.04. The molecule has 1 aliphatic heterocycles. The molecule has 2 amide bonds. The third-order valence-corrected chi connectivity index (χ3v) is 5.43. The van der Waals surface area contributed by atoms with E-state index < -0.39 is 0 Å². The summed E-state index contributed by atoms with van der Waals surface area (Å²) in [4.78, 5) is 29.9. The molecule has 1 atom stereocenters. The van der Waals surface area contributed by atoms with Gasteiger partial charge in [0.25, 0.3) is 0 Å². The van der Waals surface area contributed by atoms with Gasteiger partial charge in [-0.15, -0.1) is 11.3 Å². The van der Waals surface area contributed by atoms with Crippen LogP contribution in [0.5, 0.6) is 0 Å². The number of nitrogens with zero attached hydrogens (tertiary/aromatic N) is 2. The molecule has 5 nitrogen and oxygen atoms in total. The molecule has 0 spiro atoms. The number of hydrogen-bond donors (Lipinski definition) is 1. The van der Waals surface area contributed by atoms with Crippen molar-refractivity contribution in [3.63, 3.8) is 0 Å². The van der Waals surface area contributed by atoms with Gasteiger partial charge >= 0.3 is 0 Å². The van der Waals surface area contributed by atoms with Gasteiger partial charge in [-0.25, -0.2) is 4.98 Å². The van der Waals surface area contributed by atoms with Crippen LogP contribution in [-0.2, 0) is 21.8 Å². The maximum Gasteiger partial charge on any atom is 0.224 e. The van der Waals surface area contributed by atoms with Crippen molar-refractivity contribution in [1.82, 2.24) is 15.2 Å². The number of nitrogens with one attached hydrogen (secondary N) is 1. The quantitative estimate of drug-likeness (QED) is 0.859. The fourth-order valence-electron chi connectivity index (χ4n) is 2.59. The van der Waals surface area contributed by atoms with E-state index in [0.717, 1.165) is 42.3 Å². The van der Waals surface area contributed by atoms with Gasteiger partial charge in [0.15, 0.2) is 0 Å². The zero-order valence-corrected chi connectivity index (χ0v) is 14.8. The summed E-state index contributed by atoms with van der Waals surface area (Å²) in [6.45, 7) is 3.50. The highest BCUT2D eigenvalue weighted by Crippen LogP contribution is 2.17. The molecule has 1 fully saturated rings. The summed E-state index contributed by atoms with van der Waals surface area (Å²) >= 11 is 3.44. The first-order valence-electron chi connectivity index (χ1n) is 7.55. The van der Waals surface area contributed by atoms with Gasteiger partial charge in [0.2, 0.25) is 11.8 Å². The number of likely N-dealkylation sites (tertiary alicyclic amines) is 1. The highest BCUT2D eigenvalue weighted by molar-refractivity contribution is 7.97. The van der Waals surface area contributed by atoms with Crippen LogP contribution in [0.15, 0.2) is 5.38 Å². The second-order valence-electron chi connectivity index (χ2n) is 5.51. The van der Waals surface area contributed by atoms with Crippen molar-refractivity contribution in [2.75, 3.05) is 25.9 Å². The molecule has 7 heteroatoms. The van der Waals surface area contributed by atoms with Crippen LogP contribution in [0.4, 0.5) is 0 Å². The predicted molar refractivity (Wildman–Crippen MR) is 91.0 cm³/mol. The molecule has 1 saturated heterocycles. The lowest BCUT2D eigenvalue weighted by Gasteiger charge is -2.31. The maximum atomic E-state index is 12.2. The highest BCUT2D eigenvalue weighted by atomic mass is 32.2. The van der Waals surface area contributed by atoms with Gasteiger partial charge in [0.05, 0.1) is 11.6 Å². The Morgan fingerprint density at radius 3 is 3.09 bits per heavy atom. The topological polar surface area (TPSA) is 62.3 Å². The Kier molecular flexibility index (Phi) is 6.70. The minimum atomic E-state index is -0.0693. The third kappa shape index (κ3) is 4.98. The van der Waals surface area contributed by atoms with E-state index in [9.17, 15) is 9.59 Å². The average Bonchev–Trinajstić information content (AvgIpc) is 2.95.